The quantitative estimate of drug-likeness (QED) is 0.813. The van der Waals surface area contributed by atoms with Crippen LogP contribution in [0.4, 0.5) is 5.13 Å². The summed E-state index contributed by atoms with van der Waals surface area (Å²) in [4.78, 5) is 8.28. The van der Waals surface area contributed by atoms with Crippen molar-refractivity contribution in [2.24, 2.45) is 0 Å². The zero-order chi connectivity index (χ0) is 15.3. The molecule has 1 N–H and O–H groups in total. The Morgan fingerprint density at radius 1 is 1.30 bits per heavy atom. The molecule has 1 aromatic heterocycles. The smallest absolute Gasteiger partial charge is 0.186 e. The number of hydrogen-bond donors (Lipinski definition) is 1. The Morgan fingerprint density at radius 3 is 2.35 bits per heavy atom. The van der Waals surface area contributed by atoms with Crippen LogP contribution < -0.4 is 4.90 Å². The van der Waals surface area contributed by atoms with Crippen molar-refractivity contribution in [1.29, 1.82) is 0 Å². The first-order valence-corrected chi connectivity index (χ1v) is 8.54. The summed E-state index contributed by atoms with van der Waals surface area (Å²) in [6.07, 6.45) is 3.49. The lowest BCUT2D eigenvalue weighted by atomic mass is 9.91. The van der Waals surface area contributed by atoms with Gasteiger partial charge >= 0.3 is 0 Å². The number of aliphatic hydroxyl groups excluding tert-OH is 1. The minimum atomic E-state index is -0.0152. The first-order chi connectivity index (χ1) is 9.35. The zero-order valence-electron chi connectivity index (χ0n) is 13.9. The Kier molecular flexibility index (Phi) is 6.46. The molecule has 1 unspecified atom stereocenters. The molecule has 0 spiro atoms. The maximum Gasteiger partial charge on any atom is 0.186 e. The number of anilines is 1. The summed E-state index contributed by atoms with van der Waals surface area (Å²) in [5.74, 6) is 0. The van der Waals surface area contributed by atoms with Gasteiger partial charge in [-0.1, -0.05) is 52.4 Å². The van der Waals surface area contributed by atoms with Crippen LogP contribution in [0.15, 0.2) is 0 Å². The Hall–Kier alpha value is -0.610. The average Bonchev–Trinajstić information content (AvgIpc) is 2.82. The molecule has 0 aliphatic heterocycles. The molecule has 1 aromatic rings. The fourth-order valence-corrected chi connectivity index (χ4v) is 3.47. The van der Waals surface area contributed by atoms with Crippen molar-refractivity contribution in [2.75, 3.05) is 11.4 Å². The highest BCUT2D eigenvalue weighted by Gasteiger charge is 2.25. The van der Waals surface area contributed by atoms with Gasteiger partial charge in [-0.15, -0.1) is 0 Å². The van der Waals surface area contributed by atoms with Gasteiger partial charge in [0.25, 0.3) is 0 Å². The first kappa shape index (κ1) is 17.4. The molecule has 0 radical (unpaired) electrons. The van der Waals surface area contributed by atoms with Crippen LogP contribution in [0.1, 0.15) is 71.4 Å². The molecule has 3 nitrogen and oxygen atoms in total. The van der Waals surface area contributed by atoms with Crippen molar-refractivity contribution in [2.45, 2.75) is 78.9 Å². The number of thiazole rings is 1. The van der Waals surface area contributed by atoms with Crippen molar-refractivity contribution in [3.05, 3.63) is 10.6 Å². The Labute approximate surface area is 128 Å². The summed E-state index contributed by atoms with van der Waals surface area (Å²) < 4.78 is 0. The third-order valence-electron chi connectivity index (χ3n) is 3.66. The molecule has 1 atom stereocenters. The summed E-state index contributed by atoms with van der Waals surface area (Å²) in [7, 11) is 0. The SMILES string of the molecule is CCCCN(c1nc(C(C)(C)C)c(CO)s1)C(C)CC. The van der Waals surface area contributed by atoms with Gasteiger partial charge in [-0.25, -0.2) is 4.98 Å². The van der Waals surface area contributed by atoms with Crippen molar-refractivity contribution >= 4 is 16.5 Å². The summed E-state index contributed by atoms with van der Waals surface area (Å²) >= 11 is 1.65. The third-order valence-corrected chi connectivity index (χ3v) is 4.74. The van der Waals surface area contributed by atoms with Crippen LogP contribution >= 0.6 is 11.3 Å². The molecule has 0 aliphatic carbocycles. The van der Waals surface area contributed by atoms with E-state index in [0.29, 0.717) is 6.04 Å². The zero-order valence-corrected chi connectivity index (χ0v) is 14.7. The van der Waals surface area contributed by atoms with Gasteiger partial charge in [-0.05, 0) is 19.8 Å². The predicted molar refractivity (Wildman–Crippen MR) is 88.7 cm³/mol. The van der Waals surface area contributed by atoms with Gasteiger partial charge in [0.1, 0.15) is 0 Å². The molecule has 0 fully saturated rings. The van der Waals surface area contributed by atoms with Crippen LogP contribution in [0.2, 0.25) is 0 Å². The van der Waals surface area contributed by atoms with Crippen LogP contribution in [-0.2, 0) is 12.0 Å². The average molecular weight is 298 g/mol. The number of unbranched alkanes of at least 4 members (excludes halogenated alkanes) is 1. The Bertz CT molecular complexity index is 409. The van der Waals surface area contributed by atoms with E-state index < -0.39 is 0 Å². The molecule has 1 heterocycles. The first-order valence-electron chi connectivity index (χ1n) is 7.72. The van der Waals surface area contributed by atoms with E-state index in [4.69, 9.17) is 4.98 Å². The molecule has 1 rings (SSSR count). The molecule has 116 valence electrons. The number of rotatable bonds is 7. The largest absolute Gasteiger partial charge is 0.391 e. The monoisotopic (exact) mass is 298 g/mol. The fourth-order valence-electron chi connectivity index (χ4n) is 2.21. The van der Waals surface area contributed by atoms with E-state index >= 15 is 0 Å². The second-order valence-corrected chi connectivity index (χ2v) is 7.54. The highest BCUT2D eigenvalue weighted by Crippen LogP contribution is 2.35. The summed E-state index contributed by atoms with van der Waals surface area (Å²) in [5.41, 5.74) is 1.03. The van der Waals surface area contributed by atoms with Gasteiger partial charge in [0.05, 0.1) is 17.2 Å². The molecule has 0 aromatic carbocycles. The number of aromatic nitrogens is 1. The van der Waals surface area contributed by atoms with E-state index in [1.165, 1.54) is 12.8 Å². The van der Waals surface area contributed by atoms with Gasteiger partial charge in [-0.2, -0.15) is 0 Å². The van der Waals surface area contributed by atoms with Crippen LogP contribution in [-0.4, -0.2) is 22.7 Å². The fraction of sp³-hybridized carbons (Fsp3) is 0.812. The minimum absolute atomic E-state index is 0.0152. The topological polar surface area (TPSA) is 36.4 Å². The second kappa shape index (κ2) is 7.41. The minimum Gasteiger partial charge on any atom is -0.391 e. The standard InChI is InChI=1S/C16H30N2OS/c1-7-9-10-18(12(3)8-2)15-17-14(16(4,5)6)13(11-19)20-15/h12,19H,7-11H2,1-6H3. The van der Waals surface area contributed by atoms with Crippen molar-refractivity contribution in [3.63, 3.8) is 0 Å². The van der Waals surface area contributed by atoms with Gasteiger partial charge < -0.3 is 10.0 Å². The Balaban J connectivity index is 3.10. The van der Waals surface area contributed by atoms with E-state index in [0.717, 1.165) is 28.7 Å². The number of nitrogens with zero attached hydrogens (tertiary/aromatic N) is 2. The highest BCUT2D eigenvalue weighted by atomic mass is 32.1. The number of hydrogen-bond acceptors (Lipinski definition) is 4. The molecule has 0 aliphatic rings. The van der Waals surface area contributed by atoms with Crippen LogP contribution in [0.25, 0.3) is 0 Å². The van der Waals surface area contributed by atoms with Gasteiger partial charge in [-0.3, -0.25) is 0 Å². The molecule has 0 bridgehead atoms. The van der Waals surface area contributed by atoms with Gasteiger partial charge in [0.15, 0.2) is 5.13 Å². The lowest BCUT2D eigenvalue weighted by Crippen LogP contribution is -2.33. The maximum atomic E-state index is 9.60. The molecular formula is C16H30N2OS. The number of aliphatic hydroxyl groups is 1. The van der Waals surface area contributed by atoms with Crippen LogP contribution in [0.5, 0.6) is 0 Å². The summed E-state index contributed by atoms with van der Waals surface area (Å²) in [6, 6.07) is 0.493. The van der Waals surface area contributed by atoms with E-state index in [2.05, 4.69) is 46.4 Å². The lowest BCUT2D eigenvalue weighted by molar-refractivity contribution is 0.282. The maximum absolute atomic E-state index is 9.60. The normalized spacial score (nSPS) is 13.6. The van der Waals surface area contributed by atoms with Crippen molar-refractivity contribution < 1.29 is 5.11 Å². The van der Waals surface area contributed by atoms with E-state index in [1.54, 1.807) is 11.3 Å². The molecular weight excluding hydrogens is 268 g/mol. The van der Waals surface area contributed by atoms with Crippen molar-refractivity contribution in [1.82, 2.24) is 4.98 Å². The molecule has 0 saturated heterocycles. The molecule has 0 amide bonds. The third kappa shape index (κ3) is 4.19. The van der Waals surface area contributed by atoms with Crippen LogP contribution in [0, 0.1) is 0 Å². The second-order valence-electron chi connectivity index (χ2n) is 6.48. The molecule has 4 heteroatoms. The molecule has 0 saturated carbocycles. The Morgan fingerprint density at radius 2 is 1.95 bits per heavy atom. The van der Waals surface area contributed by atoms with Crippen LogP contribution in [0.3, 0.4) is 0 Å². The highest BCUT2D eigenvalue weighted by molar-refractivity contribution is 7.15. The predicted octanol–water partition coefficient (Wildman–Crippen LogP) is 4.34. The van der Waals surface area contributed by atoms with E-state index in [-0.39, 0.29) is 12.0 Å². The van der Waals surface area contributed by atoms with Crippen molar-refractivity contribution in [3.8, 4) is 0 Å². The summed E-state index contributed by atoms with van der Waals surface area (Å²) in [5, 5.41) is 10.7. The van der Waals surface area contributed by atoms with E-state index in [9.17, 15) is 5.11 Å². The van der Waals surface area contributed by atoms with Gasteiger partial charge in [0.2, 0.25) is 0 Å². The lowest BCUT2D eigenvalue weighted by Gasteiger charge is -2.28. The molecule has 20 heavy (non-hydrogen) atoms. The van der Waals surface area contributed by atoms with Gasteiger partial charge in [0, 0.05) is 18.0 Å². The van der Waals surface area contributed by atoms with E-state index in [1.807, 2.05) is 0 Å². The summed E-state index contributed by atoms with van der Waals surface area (Å²) in [6.45, 7) is 14.3.